The number of aliphatic hydroxyl groups is 2. The smallest absolute Gasteiger partial charge is 0.220 e. The van der Waals surface area contributed by atoms with Crippen molar-refractivity contribution in [1.82, 2.24) is 5.32 Å². The third kappa shape index (κ3) is 60.8. The lowest BCUT2D eigenvalue weighted by molar-refractivity contribution is -0.123. The number of unbranched alkanes of at least 4 members (excludes halogenated alkanes) is 46. The first kappa shape index (κ1) is 71.1. The Morgan fingerprint density at radius 2 is 0.603 bits per heavy atom. The molecule has 0 aromatic carbocycles. The van der Waals surface area contributed by atoms with E-state index in [-0.39, 0.29) is 12.5 Å². The fraction of sp³-hybridized carbons (Fsp3) is 0.841. The number of carbonyl (C=O) groups excluding carboxylic acids is 1. The van der Waals surface area contributed by atoms with Gasteiger partial charge >= 0.3 is 0 Å². The van der Waals surface area contributed by atoms with E-state index in [1.165, 1.54) is 283 Å². The molecular weight excluding hydrogens is 891 g/mol. The molecule has 428 valence electrons. The molecule has 0 aromatic rings. The van der Waals surface area contributed by atoms with E-state index in [0.717, 1.165) is 51.4 Å². The topological polar surface area (TPSA) is 69.6 Å². The summed E-state index contributed by atoms with van der Waals surface area (Å²) in [5.41, 5.74) is 0. The first-order chi connectivity index (χ1) is 36.2. The Hall–Kier alpha value is -1.91. The molecule has 2 atom stereocenters. The van der Waals surface area contributed by atoms with Crippen molar-refractivity contribution >= 4 is 5.91 Å². The summed E-state index contributed by atoms with van der Waals surface area (Å²) in [6, 6.07) is -0.623. The largest absolute Gasteiger partial charge is 0.394 e. The molecule has 1 amide bonds. The third-order valence-electron chi connectivity index (χ3n) is 15.3. The Bertz CT molecular complexity index is 1200. The Kier molecular flexibility index (Phi) is 62.7. The van der Waals surface area contributed by atoms with Gasteiger partial charge in [0.1, 0.15) is 0 Å². The second kappa shape index (κ2) is 64.4. The molecule has 0 aliphatic carbocycles. The summed E-state index contributed by atoms with van der Waals surface area (Å²) >= 11 is 0. The van der Waals surface area contributed by atoms with Crippen LogP contribution in [-0.4, -0.2) is 34.9 Å². The lowest BCUT2D eigenvalue weighted by Gasteiger charge is -2.20. The highest BCUT2D eigenvalue weighted by Gasteiger charge is 2.18. The highest BCUT2D eigenvalue weighted by Crippen LogP contribution is 2.18. The number of hydrogen-bond donors (Lipinski definition) is 3. The van der Waals surface area contributed by atoms with Crippen molar-refractivity contribution in [2.24, 2.45) is 0 Å². The molecule has 73 heavy (non-hydrogen) atoms. The van der Waals surface area contributed by atoms with E-state index in [0.29, 0.717) is 6.42 Å². The van der Waals surface area contributed by atoms with Gasteiger partial charge in [-0.3, -0.25) is 4.79 Å². The van der Waals surface area contributed by atoms with E-state index in [4.69, 9.17) is 0 Å². The Balaban J connectivity index is 3.42. The molecule has 0 rings (SSSR count). The molecule has 4 heteroatoms. The van der Waals surface area contributed by atoms with Crippen LogP contribution in [0.3, 0.4) is 0 Å². The van der Waals surface area contributed by atoms with Crippen LogP contribution in [0, 0.1) is 0 Å². The normalized spacial score (nSPS) is 13.1. The van der Waals surface area contributed by atoms with Crippen LogP contribution in [0.4, 0.5) is 0 Å². The number of carbonyl (C=O) groups is 1. The Labute approximate surface area is 457 Å². The highest BCUT2D eigenvalue weighted by molar-refractivity contribution is 5.76. The van der Waals surface area contributed by atoms with Crippen molar-refractivity contribution in [3.05, 3.63) is 60.8 Å². The molecule has 0 fully saturated rings. The summed E-state index contributed by atoms with van der Waals surface area (Å²) in [6.07, 6.45) is 91.5. The fourth-order valence-corrected chi connectivity index (χ4v) is 10.3. The number of hydrogen-bond acceptors (Lipinski definition) is 3. The minimum absolute atomic E-state index is 0.0571. The molecule has 2 unspecified atom stereocenters. The van der Waals surface area contributed by atoms with Gasteiger partial charge in [0.05, 0.1) is 18.8 Å². The van der Waals surface area contributed by atoms with Crippen molar-refractivity contribution in [2.75, 3.05) is 6.61 Å². The summed E-state index contributed by atoms with van der Waals surface area (Å²) in [5, 5.41) is 23.3. The summed E-state index contributed by atoms with van der Waals surface area (Å²) in [6.45, 7) is 4.23. The lowest BCUT2D eigenvalue weighted by Crippen LogP contribution is -2.45. The second-order valence-electron chi connectivity index (χ2n) is 22.5. The second-order valence-corrected chi connectivity index (χ2v) is 22.5. The predicted octanol–water partition coefficient (Wildman–Crippen LogP) is 22.3. The molecule has 3 N–H and O–H groups in total. The fourth-order valence-electron chi connectivity index (χ4n) is 10.3. The van der Waals surface area contributed by atoms with Crippen LogP contribution in [0.15, 0.2) is 60.8 Å². The van der Waals surface area contributed by atoms with Crippen LogP contribution in [0.5, 0.6) is 0 Å². The maximum absolute atomic E-state index is 12.5. The van der Waals surface area contributed by atoms with Gasteiger partial charge in [0.15, 0.2) is 0 Å². The molecule has 0 radical (unpaired) electrons. The Morgan fingerprint density at radius 1 is 0.342 bits per heavy atom. The minimum atomic E-state index is -0.840. The first-order valence-corrected chi connectivity index (χ1v) is 33.0. The molecule has 0 aliphatic heterocycles. The van der Waals surface area contributed by atoms with Gasteiger partial charge in [0.2, 0.25) is 5.91 Å². The first-order valence-electron chi connectivity index (χ1n) is 33.0. The molecule has 0 aromatic heterocycles. The monoisotopic (exact) mass is 1020 g/mol. The molecule has 4 nitrogen and oxygen atoms in total. The third-order valence-corrected chi connectivity index (χ3v) is 15.3. The van der Waals surface area contributed by atoms with Gasteiger partial charge in [-0.05, 0) is 57.8 Å². The van der Waals surface area contributed by atoms with Crippen LogP contribution in [0.2, 0.25) is 0 Å². The highest BCUT2D eigenvalue weighted by atomic mass is 16.3. The van der Waals surface area contributed by atoms with E-state index in [9.17, 15) is 15.0 Å². The van der Waals surface area contributed by atoms with Crippen LogP contribution < -0.4 is 5.32 Å². The van der Waals surface area contributed by atoms with E-state index >= 15 is 0 Å². The Morgan fingerprint density at radius 3 is 0.904 bits per heavy atom. The van der Waals surface area contributed by atoms with Gasteiger partial charge in [-0.15, -0.1) is 0 Å². The van der Waals surface area contributed by atoms with E-state index in [2.05, 4.69) is 67.8 Å². The van der Waals surface area contributed by atoms with E-state index in [1.54, 1.807) is 6.08 Å². The molecule has 0 saturated carbocycles. The van der Waals surface area contributed by atoms with Crippen molar-refractivity contribution in [3.8, 4) is 0 Å². The summed E-state index contributed by atoms with van der Waals surface area (Å²) < 4.78 is 0. The molecule has 0 heterocycles. The average molecular weight is 1020 g/mol. The molecule has 0 saturated heterocycles. The summed E-state index contributed by atoms with van der Waals surface area (Å²) in [7, 11) is 0. The van der Waals surface area contributed by atoms with Crippen molar-refractivity contribution < 1.29 is 15.0 Å². The zero-order chi connectivity index (χ0) is 52.7. The zero-order valence-electron chi connectivity index (χ0n) is 49.4. The van der Waals surface area contributed by atoms with Crippen LogP contribution >= 0.6 is 0 Å². The number of rotatable bonds is 61. The summed E-state index contributed by atoms with van der Waals surface area (Å²) in [4.78, 5) is 12.5. The predicted molar refractivity (Wildman–Crippen MR) is 327 cm³/mol. The van der Waals surface area contributed by atoms with Gasteiger partial charge in [-0.1, -0.05) is 351 Å². The van der Waals surface area contributed by atoms with Crippen molar-refractivity contribution in [2.45, 2.75) is 366 Å². The number of aliphatic hydroxyl groups excluding tert-OH is 2. The zero-order valence-corrected chi connectivity index (χ0v) is 49.4. The number of allylic oxidation sites excluding steroid dienone is 9. The quantitative estimate of drug-likeness (QED) is 0.0420. The lowest BCUT2D eigenvalue weighted by atomic mass is 10.0. The molecule has 0 spiro atoms. The molecule has 0 bridgehead atoms. The van der Waals surface area contributed by atoms with Gasteiger partial charge in [0.25, 0.3) is 0 Å². The van der Waals surface area contributed by atoms with Gasteiger partial charge < -0.3 is 15.5 Å². The van der Waals surface area contributed by atoms with Gasteiger partial charge in [-0.25, -0.2) is 0 Å². The molecule has 0 aliphatic rings. The van der Waals surface area contributed by atoms with E-state index in [1.807, 2.05) is 6.08 Å². The minimum Gasteiger partial charge on any atom is -0.394 e. The van der Waals surface area contributed by atoms with Crippen LogP contribution in [-0.2, 0) is 4.79 Å². The average Bonchev–Trinajstić information content (AvgIpc) is 3.40. The van der Waals surface area contributed by atoms with Crippen LogP contribution in [0.1, 0.15) is 354 Å². The van der Waals surface area contributed by atoms with Crippen LogP contribution in [0.25, 0.3) is 0 Å². The molecular formula is C69H129NO3. The number of amides is 1. The maximum atomic E-state index is 12.5. The summed E-state index contributed by atoms with van der Waals surface area (Å²) in [5.74, 6) is -0.0571. The standard InChI is InChI=1S/C69H129NO3/c1-3-5-7-9-11-13-15-17-19-21-23-25-27-29-30-31-32-33-34-35-36-37-38-39-40-41-43-45-47-49-51-53-55-57-59-61-63-65-69(73)70-67(66-71)68(72)64-62-60-58-56-54-52-50-48-46-44-42-28-26-24-22-20-18-16-14-12-10-8-6-4-2/h5,7,11,13,17,19,23,25,62,64,67-68,71-72H,3-4,6,8-10,12,14-16,18,20-22,24,26-61,63,65-66H2,1-2H3,(H,70,73)/b7-5-,13-11-,19-17-,25-23-,64-62+. The van der Waals surface area contributed by atoms with E-state index < -0.39 is 12.1 Å². The SMILES string of the molecule is CC/C=C\C/C=C\C/C=C\C/C=C\CCCCCCCCCCCCCCCCCCCCCCCCCCC(=O)NC(CO)C(O)/C=C/CCCCCCCCCCCCCCCCCCCCCCCC. The van der Waals surface area contributed by atoms with Gasteiger partial charge in [-0.2, -0.15) is 0 Å². The van der Waals surface area contributed by atoms with Gasteiger partial charge in [0, 0.05) is 6.42 Å². The van der Waals surface area contributed by atoms with Crippen molar-refractivity contribution in [3.63, 3.8) is 0 Å². The number of nitrogens with one attached hydrogen (secondary N) is 1. The maximum Gasteiger partial charge on any atom is 0.220 e. The van der Waals surface area contributed by atoms with Crippen molar-refractivity contribution in [1.29, 1.82) is 0 Å².